The lowest BCUT2D eigenvalue weighted by Gasteiger charge is -2.48. The Morgan fingerprint density at radius 2 is 1.95 bits per heavy atom. The van der Waals surface area contributed by atoms with Crippen LogP contribution < -0.4 is 5.32 Å². The third kappa shape index (κ3) is 3.37. The molecule has 2 N–H and O–H groups in total. The first-order valence-corrected chi connectivity index (χ1v) is 7.33. The molecule has 106 valence electrons. The first-order valence-electron chi connectivity index (χ1n) is 7.33. The molecule has 1 aliphatic heterocycles. The van der Waals surface area contributed by atoms with Crippen molar-refractivity contribution in [3.05, 3.63) is 35.4 Å². The largest absolute Gasteiger partial charge is 0.392 e. The van der Waals surface area contributed by atoms with E-state index in [0.717, 1.165) is 12.0 Å². The quantitative estimate of drug-likeness (QED) is 0.875. The van der Waals surface area contributed by atoms with Crippen LogP contribution in [0.4, 0.5) is 0 Å². The second kappa shape index (κ2) is 5.26. The normalized spacial score (nSPS) is 30.3. The second-order valence-electron chi connectivity index (χ2n) is 7.00. The summed E-state index contributed by atoms with van der Waals surface area (Å²) in [5, 5.41) is 13.1. The fraction of sp³-hybridized carbons (Fsp3) is 0.647. The van der Waals surface area contributed by atoms with Crippen molar-refractivity contribution in [2.45, 2.75) is 64.6 Å². The molecular weight excluding hydrogens is 234 g/mol. The van der Waals surface area contributed by atoms with E-state index in [2.05, 4.69) is 45.1 Å². The molecule has 0 spiro atoms. The highest BCUT2D eigenvalue weighted by molar-refractivity contribution is 5.25. The Balaban J connectivity index is 2.13. The summed E-state index contributed by atoms with van der Waals surface area (Å²) >= 11 is 0. The Morgan fingerprint density at radius 3 is 2.58 bits per heavy atom. The Labute approximate surface area is 117 Å². The van der Waals surface area contributed by atoms with Gasteiger partial charge in [0.25, 0.3) is 0 Å². The van der Waals surface area contributed by atoms with E-state index in [1.165, 1.54) is 18.4 Å². The predicted octanol–water partition coefficient (Wildman–Crippen LogP) is 3.28. The van der Waals surface area contributed by atoms with Gasteiger partial charge in [0.15, 0.2) is 0 Å². The lowest BCUT2D eigenvalue weighted by atomic mass is 9.73. The molecule has 0 bridgehead atoms. The van der Waals surface area contributed by atoms with Gasteiger partial charge in [-0.2, -0.15) is 0 Å². The van der Waals surface area contributed by atoms with Gasteiger partial charge in [-0.1, -0.05) is 31.2 Å². The second-order valence-corrected chi connectivity index (χ2v) is 7.00. The topological polar surface area (TPSA) is 32.3 Å². The van der Waals surface area contributed by atoms with E-state index in [9.17, 15) is 5.11 Å². The highest BCUT2D eigenvalue weighted by Gasteiger charge is 2.39. The van der Waals surface area contributed by atoms with Gasteiger partial charge in [-0.3, -0.25) is 0 Å². The van der Waals surface area contributed by atoms with Gasteiger partial charge in [0, 0.05) is 11.1 Å². The third-order valence-corrected chi connectivity index (χ3v) is 4.75. The maximum absolute atomic E-state index is 9.23. The van der Waals surface area contributed by atoms with E-state index in [1.807, 2.05) is 12.1 Å². The number of piperidine rings is 1. The van der Waals surface area contributed by atoms with Gasteiger partial charge in [0.2, 0.25) is 0 Å². The zero-order valence-electron chi connectivity index (χ0n) is 12.7. The number of benzene rings is 1. The molecule has 19 heavy (non-hydrogen) atoms. The molecule has 1 aliphatic rings. The number of hydrogen-bond donors (Lipinski definition) is 2. The van der Waals surface area contributed by atoms with E-state index in [1.54, 1.807) is 0 Å². The maximum atomic E-state index is 9.23. The average molecular weight is 261 g/mol. The van der Waals surface area contributed by atoms with Crippen LogP contribution in [-0.4, -0.2) is 16.2 Å². The molecule has 2 atom stereocenters. The molecule has 1 aromatic carbocycles. The third-order valence-electron chi connectivity index (χ3n) is 4.75. The summed E-state index contributed by atoms with van der Waals surface area (Å²) in [6, 6.07) is 8.31. The van der Waals surface area contributed by atoms with E-state index in [4.69, 9.17) is 0 Å². The van der Waals surface area contributed by atoms with Crippen molar-refractivity contribution < 1.29 is 5.11 Å². The molecule has 1 heterocycles. The van der Waals surface area contributed by atoms with Crippen LogP contribution in [0.25, 0.3) is 0 Å². The van der Waals surface area contributed by atoms with Crippen LogP contribution in [0.2, 0.25) is 0 Å². The molecule has 2 heteroatoms. The SMILES string of the molecule is C[C@@H]1CCC(C)(Cc2cccc(CO)c2)NC1(C)C. The van der Waals surface area contributed by atoms with E-state index < -0.39 is 0 Å². The minimum absolute atomic E-state index is 0.126. The predicted molar refractivity (Wildman–Crippen MR) is 80.1 cm³/mol. The standard InChI is InChI=1S/C17H27NO/c1-13-8-9-17(4,18-16(13,2)3)11-14-6-5-7-15(10-14)12-19/h5-7,10,13,18-19H,8-9,11-12H2,1-4H3/t13-,17?/m1/s1. The van der Waals surface area contributed by atoms with Crippen LogP contribution in [0.5, 0.6) is 0 Å². The van der Waals surface area contributed by atoms with Crippen LogP contribution in [0.1, 0.15) is 51.7 Å². The summed E-state index contributed by atoms with van der Waals surface area (Å²) in [4.78, 5) is 0. The maximum Gasteiger partial charge on any atom is 0.0681 e. The zero-order valence-corrected chi connectivity index (χ0v) is 12.7. The first kappa shape index (κ1) is 14.5. The molecule has 2 nitrogen and oxygen atoms in total. The number of rotatable bonds is 3. The van der Waals surface area contributed by atoms with Crippen LogP contribution in [-0.2, 0) is 13.0 Å². The summed E-state index contributed by atoms with van der Waals surface area (Å²) in [6.45, 7) is 9.39. The number of nitrogens with one attached hydrogen (secondary N) is 1. The van der Waals surface area contributed by atoms with Crippen LogP contribution in [0.3, 0.4) is 0 Å². The van der Waals surface area contributed by atoms with Crippen molar-refractivity contribution >= 4 is 0 Å². The van der Waals surface area contributed by atoms with E-state index >= 15 is 0 Å². The molecular formula is C17H27NO. The average Bonchev–Trinajstić information content (AvgIpc) is 2.34. The Hall–Kier alpha value is -0.860. The van der Waals surface area contributed by atoms with Gasteiger partial charge in [-0.15, -0.1) is 0 Å². The molecule has 0 radical (unpaired) electrons. The molecule has 0 aromatic heterocycles. The Morgan fingerprint density at radius 1 is 1.26 bits per heavy atom. The van der Waals surface area contributed by atoms with Crippen LogP contribution in [0, 0.1) is 5.92 Å². The van der Waals surface area contributed by atoms with Gasteiger partial charge >= 0.3 is 0 Å². The van der Waals surface area contributed by atoms with Crippen LogP contribution >= 0.6 is 0 Å². The Bertz CT molecular complexity index is 441. The summed E-state index contributed by atoms with van der Waals surface area (Å²) in [5.74, 6) is 0.712. The molecule has 0 saturated carbocycles. The van der Waals surface area contributed by atoms with Gasteiger partial charge in [0.05, 0.1) is 6.61 Å². The highest BCUT2D eigenvalue weighted by atomic mass is 16.3. The van der Waals surface area contributed by atoms with Crippen molar-refractivity contribution in [3.63, 3.8) is 0 Å². The van der Waals surface area contributed by atoms with Gasteiger partial charge in [-0.25, -0.2) is 0 Å². The van der Waals surface area contributed by atoms with Gasteiger partial charge < -0.3 is 10.4 Å². The first-order chi connectivity index (χ1) is 8.85. The monoisotopic (exact) mass is 261 g/mol. The molecule has 1 aromatic rings. The van der Waals surface area contributed by atoms with Crippen molar-refractivity contribution in [3.8, 4) is 0 Å². The molecule has 0 amide bonds. The molecule has 1 unspecified atom stereocenters. The number of aliphatic hydroxyl groups is 1. The molecule has 0 aliphatic carbocycles. The number of hydrogen-bond acceptors (Lipinski definition) is 2. The van der Waals surface area contributed by atoms with E-state index in [-0.39, 0.29) is 17.7 Å². The Kier molecular flexibility index (Phi) is 4.03. The van der Waals surface area contributed by atoms with Crippen molar-refractivity contribution in [2.24, 2.45) is 5.92 Å². The van der Waals surface area contributed by atoms with Gasteiger partial charge in [0.1, 0.15) is 0 Å². The van der Waals surface area contributed by atoms with Gasteiger partial charge in [-0.05, 0) is 57.1 Å². The zero-order chi connectivity index (χ0) is 14.1. The smallest absolute Gasteiger partial charge is 0.0681 e. The lowest BCUT2D eigenvalue weighted by molar-refractivity contribution is 0.111. The summed E-state index contributed by atoms with van der Waals surface area (Å²) in [7, 11) is 0. The fourth-order valence-corrected chi connectivity index (χ4v) is 3.28. The summed E-state index contributed by atoms with van der Waals surface area (Å²) in [6.07, 6.45) is 3.51. The van der Waals surface area contributed by atoms with E-state index in [0.29, 0.717) is 5.92 Å². The molecule has 2 rings (SSSR count). The molecule has 1 fully saturated rings. The van der Waals surface area contributed by atoms with Crippen molar-refractivity contribution in [2.75, 3.05) is 0 Å². The summed E-state index contributed by atoms with van der Waals surface area (Å²) in [5.41, 5.74) is 2.67. The lowest BCUT2D eigenvalue weighted by Crippen LogP contribution is -2.61. The summed E-state index contributed by atoms with van der Waals surface area (Å²) < 4.78 is 0. The fourth-order valence-electron chi connectivity index (χ4n) is 3.28. The minimum atomic E-state index is 0.126. The van der Waals surface area contributed by atoms with Crippen molar-refractivity contribution in [1.82, 2.24) is 5.32 Å². The number of aliphatic hydroxyl groups excluding tert-OH is 1. The molecule has 1 saturated heterocycles. The van der Waals surface area contributed by atoms with Crippen LogP contribution in [0.15, 0.2) is 24.3 Å². The minimum Gasteiger partial charge on any atom is -0.392 e. The highest BCUT2D eigenvalue weighted by Crippen LogP contribution is 2.35. The van der Waals surface area contributed by atoms with Crippen molar-refractivity contribution in [1.29, 1.82) is 0 Å².